The van der Waals surface area contributed by atoms with Crippen molar-refractivity contribution in [3.8, 4) is 22.5 Å². The molecular formula is C26H28N6O2. The predicted molar refractivity (Wildman–Crippen MR) is 129 cm³/mol. The first-order chi connectivity index (χ1) is 16.6. The summed E-state index contributed by atoms with van der Waals surface area (Å²) in [6.07, 6.45) is 5.19. The van der Waals surface area contributed by atoms with Gasteiger partial charge in [-0.1, -0.05) is 62.7 Å². The van der Waals surface area contributed by atoms with Gasteiger partial charge in [-0.3, -0.25) is 0 Å². The van der Waals surface area contributed by atoms with Crippen LogP contribution in [-0.2, 0) is 19.3 Å². The second-order valence-corrected chi connectivity index (χ2v) is 8.70. The predicted octanol–water partition coefficient (Wildman–Crippen LogP) is 4.87. The molecule has 0 bridgehead atoms. The number of aryl methyl sites for hydroxylation is 3. The molecule has 1 unspecified atom stereocenters. The molecule has 0 spiro atoms. The van der Waals surface area contributed by atoms with Crippen molar-refractivity contribution in [3.05, 3.63) is 70.8 Å². The highest BCUT2D eigenvalue weighted by atomic mass is 16.4. The van der Waals surface area contributed by atoms with Crippen LogP contribution in [0.3, 0.4) is 0 Å². The molecule has 8 nitrogen and oxygen atoms in total. The minimum absolute atomic E-state index is 0.0118. The topological polar surface area (TPSA) is 110 Å². The van der Waals surface area contributed by atoms with E-state index in [0.29, 0.717) is 23.6 Å². The summed E-state index contributed by atoms with van der Waals surface area (Å²) >= 11 is 0. The molecule has 0 amide bonds. The molecule has 174 valence electrons. The van der Waals surface area contributed by atoms with Crippen LogP contribution in [0.5, 0.6) is 0 Å². The molecule has 2 heterocycles. The first-order valence-electron chi connectivity index (χ1n) is 11.9. The highest BCUT2D eigenvalue weighted by molar-refractivity contribution is 5.87. The van der Waals surface area contributed by atoms with Gasteiger partial charge < -0.3 is 9.67 Å². The van der Waals surface area contributed by atoms with Crippen molar-refractivity contribution in [1.29, 1.82) is 0 Å². The number of hydrogen-bond acceptors (Lipinski definition) is 5. The number of aromatic carboxylic acids is 1. The zero-order valence-electron chi connectivity index (χ0n) is 19.5. The number of carboxylic acids is 1. The third-order valence-electron chi connectivity index (χ3n) is 6.67. The SMILES string of the molecule is CCCCc1nc(CC)c(C(=O)O)n1C1CCc2cc(-c3ccccc3-c3nn[nH]n3)ccc21. The van der Waals surface area contributed by atoms with Gasteiger partial charge in [0.05, 0.1) is 11.7 Å². The van der Waals surface area contributed by atoms with Crippen molar-refractivity contribution in [2.75, 3.05) is 0 Å². The number of aromatic amines is 1. The van der Waals surface area contributed by atoms with Crippen LogP contribution in [-0.4, -0.2) is 41.3 Å². The fourth-order valence-electron chi connectivity index (χ4n) is 5.09. The van der Waals surface area contributed by atoms with Gasteiger partial charge >= 0.3 is 5.97 Å². The number of tetrazole rings is 1. The van der Waals surface area contributed by atoms with Crippen LogP contribution in [0.2, 0.25) is 0 Å². The lowest BCUT2D eigenvalue weighted by atomic mass is 9.95. The molecule has 5 rings (SSSR count). The third kappa shape index (κ3) is 3.79. The molecule has 0 saturated carbocycles. The van der Waals surface area contributed by atoms with E-state index in [2.05, 4.69) is 51.8 Å². The van der Waals surface area contributed by atoms with Crippen LogP contribution < -0.4 is 0 Å². The number of aromatic nitrogens is 6. The maximum absolute atomic E-state index is 12.3. The minimum atomic E-state index is -0.897. The number of imidazole rings is 1. The summed E-state index contributed by atoms with van der Waals surface area (Å²) in [5.74, 6) is 0.554. The Bertz CT molecular complexity index is 1330. The summed E-state index contributed by atoms with van der Waals surface area (Å²) in [6.45, 7) is 4.11. The lowest BCUT2D eigenvalue weighted by molar-refractivity contribution is 0.0682. The molecule has 2 aromatic carbocycles. The van der Waals surface area contributed by atoms with Gasteiger partial charge in [0.2, 0.25) is 5.82 Å². The molecule has 0 fully saturated rings. The molecule has 8 heteroatoms. The summed E-state index contributed by atoms with van der Waals surface area (Å²) in [5.41, 5.74) is 6.50. The molecule has 34 heavy (non-hydrogen) atoms. The van der Waals surface area contributed by atoms with E-state index in [1.54, 1.807) is 0 Å². The highest BCUT2D eigenvalue weighted by Crippen LogP contribution is 2.40. The summed E-state index contributed by atoms with van der Waals surface area (Å²) in [4.78, 5) is 17.0. The van der Waals surface area contributed by atoms with Crippen molar-refractivity contribution in [3.63, 3.8) is 0 Å². The Morgan fingerprint density at radius 3 is 2.71 bits per heavy atom. The second-order valence-electron chi connectivity index (χ2n) is 8.70. The van der Waals surface area contributed by atoms with Crippen molar-refractivity contribution in [2.24, 2.45) is 0 Å². The van der Waals surface area contributed by atoms with E-state index in [-0.39, 0.29) is 6.04 Å². The molecule has 0 aliphatic heterocycles. The molecule has 0 radical (unpaired) electrons. The summed E-state index contributed by atoms with van der Waals surface area (Å²) < 4.78 is 2.01. The molecule has 0 saturated heterocycles. The van der Waals surface area contributed by atoms with Crippen molar-refractivity contribution >= 4 is 5.97 Å². The lowest BCUT2D eigenvalue weighted by Crippen LogP contribution is -2.18. The Hall–Kier alpha value is -3.81. The largest absolute Gasteiger partial charge is 0.477 e. The van der Waals surface area contributed by atoms with E-state index in [1.165, 1.54) is 11.1 Å². The molecular weight excluding hydrogens is 428 g/mol. The van der Waals surface area contributed by atoms with Crippen molar-refractivity contribution in [2.45, 2.75) is 58.4 Å². The van der Waals surface area contributed by atoms with Gasteiger partial charge in [-0.2, -0.15) is 5.21 Å². The molecule has 4 aromatic rings. The van der Waals surface area contributed by atoms with Crippen LogP contribution in [0.4, 0.5) is 0 Å². The van der Waals surface area contributed by atoms with E-state index in [0.717, 1.165) is 54.6 Å². The van der Waals surface area contributed by atoms with Gasteiger partial charge in [0.25, 0.3) is 0 Å². The number of fused-ring (bicyclic) bond motifs is 1. The molecule has 2 aromatic heterocycles. The Labute approximate surface area is 198 Å². The van der Waals surface area contributed by atoms with Crippen LogP contribution in [0.15, 0.2) is 42.5 Å². The number of hydrogen-bond donors (Lipinski definition) is 2. The summed E-state index contributed by atoms with van der Waals surface area (Å²) in [6, 6.07) is 14.5. The number of nitrogens with zero attached hydrogens (tertiary/aromatic N) is 5. The number of H-pyrrole nitrogens is 1. The van der Waals surface area contributed by atoms with Crippen LogP contribution in [0, 0.1) is 0 Å². The normalized spacial score (nSPS) is 14.9. The van der Waals surface area contributed by atoms with Gasteiger partial charge in [-0.15, -0.1) is 10.2 Å². The summed E-state index contributed by atoms with van der Waals surface area (Å²) in [5, 5.41) is 24.6. The van der Waals surface area contributed by atoms with E-state index in [4.69, 9.17) is 4.98 Å². The van der Waals surface area contributed by atoms with Gasteiger partial charge in [0.15, 0.2) is 5.69 Å². The van der Waals surface area contributed by atoms with Gasteiger partial charge in [0, 0.05) is 12.0 Å². The van der Waals surface area contributed by atoms with Gasteiger partial charge in [-0.05, 0) is 53.2 Å². The zero-order valence-corrected chi connectivity index (χ0v) is 19.5. The van der Waals surface area contributed by atoms with Gasteiger partial charge in [-0.25, -0.2) is 9.78 Å². The molecule has 1 aliphatic rings. The number of carbonyl (C=O) groups is 1. The van der Waals surface area contributed by atoms with Crippen molar-refractivity contribution in [1.82, 2.24) is 30.2 Å². The van der Waals surface area contributed by atoms with E-state index in [9.17, 15) is 9.90 Å². The summed E-state index contributed by atoms with van der Waals surface area (Å²) in [7, 11) is 0. The number of nitrogens with one attached hydrogen (secondary N) is 1. The van der Waals surface area contributed by atoms with Gasteiger partial charge in [0.1, 0.15) is 5.82 Å². The Kier molecular flexibility index (Phi) is 5.96. The quantitative estimate of drug-likeness (QED) is 0.391. The molecule has 1 aliphatic carbocycles. The first-order valence-corrected chi connectivity index (χ1v) is 11.9. The Morgan fingerprint density at radius 1 is 1.18 bits per heavy atom. The van der Waals surface area contributed by atoms with E-state index in [1.807, 2.05) is 29.7 Å². The Morgan fingerprint density at radius 2 is 2.00 bits per heavy atom. The number of carboxylic acid groups (broad SMARTS) is 1. The highest BCUT2D eigenvalue weighted by Gasteiger charge is 2.32. The number of unbranched alkanes of at least 4 members (excludes halogenated alkanes) is 1. The smallest absolute Gasteiger partial charge is 0.354 e. The molecule has 2 N–H and O–H groups in total. The van der Waals surface area contributed by atoms with Crippen LogP contribution in [0.25, 0.3) is 22.5 Å². The first kappa shape index (κ1) is 22.0. The third-order valence-corrected chi connectivity index (χ3v) is 6.67. The van der Waals surface area contributed by atoms with Crippen molar-refractivity contribution < 1.29 is 9.90 Å². The maximum Gasteiger partial charge on any atom is 0.354 e. The lowest BCUT2D eigenvalue weighted by Gasteiger charge is -2.19. The van der Waals surface area contributed by atoms with Crippen LogP contribution >= 0.6 is 0 Å². The maximum atomic E-state index is 12.3. The minimum Gasteiger partial charge on any atom is -0.477 e. The van der Waals surface area contributed by atoms with Crippen LogP contribution in [0.1, 0.15) is 72.3 Å². The fraction of sp³-hybridized carbons (Fsp3) is 0.346. The standard InChI is InChI=1S/C26H28N6O2/c1-3-5-10-23-27-21(4-2)24(26(33)34)32(23)22-14-12-17-15-16(11-13-19(17)22)18-8-6-7-9-20(18)25-28-30-31-29-25/h6-9,11,13,15,22H,3-5,10,12,14H2,1-2H3,(H,33,34)(H,28,29,30,31). The molecule has 1 atom stereocenters. The monoisotopic (exact) mass is 456 g/mol. The number of benzene rings is 2. The average Bonchev–Trinajstić information content (AvgIpc) is 3.60. The van der Waals surface area contributed by atoms with E-state index < -0.39 is 5.97 Å². The zero-order chi connectivity index (χ0) is 23.7. The second kappa shape index (κ2) is 9.21. The number of rotatable bonds is 8. The fourth-order valence-corrected chi connectivity index (χ4v) is 5.09. The Balaban J connectivity index is 1.57. The van der Waals surface area contributed by atoms with E-state index >= 15 is 0 Å². The average molecular weight is 457 g/mol.